The number of nitrogens with two attached hydrogens (primary N) is 2. The maximum absolute atomic E-state index is 12.3. The zero-order valence-electron chi connectivity index (χ0n) is 24.3. The van der Waals surface area contributed by atoms with Crippen molar-refractivity contribution in [3.63, 3.8) is 0 Å². The Balaban J connectivity index is 1.47. The van der Waals surface area contributed by atoms with Gasteiger partial charge in [-0.25, -0.2) is 0 Å². The van der Waals surface area contributed by atoms with Crippen LogP contribution in [0, 0.1) is 0 Å². The molecule has 0 bridgehead atoms. The first-order valence-electron chi connectivity index (χ1n) is 14.8. The first-order chi connectivity index (χ1) is 21.0. The first kappa shape index (κ1) is 28.0. The minimum Gasteiger partial charge on any atom is -0.398 e. The molecule has 6 aromatic rings. The van der Waals surface area contributed by atoms with E-state index in [0.29, 0.717) is 24.2 Å². The van der Waals surface area contributed by atoms with Crippen LogP contribution in [0.4, 0.5) is 5.69 Å². The van der Waals surface area contributed by atoms with Crippen LogP contribution in [0.3, 0.4) is 0 Å². The summed E-state index contributed by atoms with van der Waals surface area (Å²) in [4.78, 5) is 15.7. The number of nitrogens with one attached hydrogen (secondary N) is 1. The largest absolute Gasteiger partial charge is 0.398 e. The lowest BCUT2D eigenvalue weighted by atomic mass is 9.88. The molecule has 0 spiro atoms. The number of anilines is 1. The van der Waals surface area contributed by atoms with Crippen molar-refractivity contribution >= 4 is 22.5 Å². The number of aryl methyl sites for hydroxylation is 3. The average Bonchev–Trinajstić information content (AvgIpc) is 3.63. The zero-order chi connectivity index (χ0) is 29.8. The lowest BCUT2D eigenvalue weighted by Gasteiger charge is -2.22. The van der Waals surface area contributed by atoms with Gasteiger partial charge in [0.15, 0.2) is 0 Å². The first-order valence-corrected chi connectivity index (χ1v) is 14.8. The Morgan fingerprint density at radius 2 is 1.58 bits per heavy atom. The molecule has 0 fully saturated rings. The molecule has 0 saturated carbocycles. The molecule has 0 radical (unpaired) electrons. The molecule has 0 aliphatic carbocycles. The molecule has 7 nitrogen and oxygen atoms in total. The van der Waals surface area contributed by atoms with Gasteiger partial charge in [-0.15, -0.1) is 10.2 Å². The Hall–Kier alpha value is -5.17. The van der Waals surface area contributed by atoms with E-state index in [1.165, 1.54) is 16.7 Å². The van der Waals surface area contributed by atoms with Gasteiger partial charge in [-0.05, 0) is 59.2 Å². The van der Waals surface area contributed by atoms with Gasteiger partial charge in [0.2, 0.25) is 0 Å². The number of aromatic amines is 1. The minimum absolute atomic E-state index is 0.272. The summed E-state index contributed by atoms with van der Waals surface area (Å²) >= 11 is 0. The second-order valence-electron chi connectivity index (χ2n) is 11.0. The molecule has 6 rings (SSSR count). The molecule has 7 heteroatoms. The third kappa shape index (κ3) is 5.93. The van der Waals surface area contributed by atoms with Crippen molar-refractivity contribution in [2.24, 2.45) is 5.73 Å². The number of H-pyrrole nitrogens is 1. The van der Waals surface area contributed by atoms with E-state index in [1.807, 2.05) is 36.5 Å². The molecule has 1 amide bonds. The van der Waals surface area contributed by atoms with E-state index in [-0.39, 0.29) is 5.92 Å². The molecule has 2 aromatic heterocycles. The van der Waals surface area contributed by atoms with Crippen molar-refractivity contribution in [2.45, 2.75) is 45.1 Å². The predicted octanol–water partition coefficient (Wildman–Crippen LogP) is 6.21. The van der Waals surface area contributed by atoms with Gasteiger partial charge >= 0.3 is 0 Å². The van der Waals surface area contributed by atoms with Gasteiger partial charge in [0.05, 0.1) is 18.0 Å². The maximum Gasteiger partial charge on any atom is 0.250 e. The Morgan fingerprint density at radius 3 is 2.35 bits per heavy atom. The number of fused-ring (bicyclic) bond motifs is 1. The van der Waals surface area contributed by atoms with Crippen molar-refractivity contribution in [2.75, 3.05) is 5.73 Å². The third-order valence-electron chi connectivity index (χ3n) is 8.30. The number of rotatable bonds is 11. The molecule has 2 heterocycles. The molecule has 1 unspecified atom stereocenters. The smallest absolute Gasteiger partial charge is 0.250 e. The lowest BCUT2D eigenvalue weighted by molar-refractivity contribution is 0.100. The van der Waals surface area contributed by atoms with Gasteiger partial charge in [0.25, 0.3) is 5.91 Å². The van der Waals surface area contributed by atoms with E-state index in [1.54, 1.807) is 6.07 Å². The van der Waals surface area contributed by atoms with Crippen molar-refractivity contribution < 1.29 is 4.79 Å². The van der Waals surface area contributed by atoms with Crippen molar-refractivity contribution in [3.8, 4) is 0 Å². The van der Waals surface area contributed by atoms with E-state index >= 15 is 0 Å². The van der Waals surface area contributed by atoms with E-state index in [4.69, 9.17) is 21.7 Å². The summed E-state index contributed by atoms with van der Waals surface area (Å²) in [6.45, 7) is 2.78. The topological polar surface area (TPSA) is 116 Å². The Labute approximate surface area is 251 Å². The normalized spacial score (nSPS) is 12.0. The van der Waals surface area contributed by atoms with E-state index in [9.17, 15) is 4.79 Å². The van der Waals surface area contributed by atoms with E-state index in [2.05, 4.69) is 77.1 Å². The minimum atomic E-state index is -0.550. The summed E-state index contributed by atoms with van der Waals surface area (Å²) in [6.07, 6.45) is 5.23. The highest BCUT2D eigenvalue weighted by Crippen LogP contribution is 2.35. The predicted molar refractivity (Wildman–Crippen MR) is 172 cm³/mol. The molecule has 43 heavy (non-hydrogen) atoms. The molecular formula is C36H36N6O. The number of primary amides is 1. The second-order valence-corrected chi connectivity index (χ2v) is 11.0. The van der Waals surface area contributed by atoms with Crippen LogP contribution in [-0.4, -0.2) is 25.7 Å². The number of hydrogen-bond acceptors (Lipinski definition) is 4. The van der Waals surface area contributed by atoms with Gasteiger partial charge in [-0.2, -0.15) is 0 Å². The molecule has 0 aliphatic rings. The Kier molecular flexibility index (Phi) is 8.05. The van der Waals surface area contributed by atoms with Crippen LogP contribution in [0.15, 0.2) is 103 Å². The summed E-state index contributed by atoms with van der Waals surface area (Å²) < 4.78 is 2.24. The number of benzene rings is 4. The molecule has 0 aliphatic heterocycles. The fourth-order valence-electron chi connectivity index (χ4n) is 5.89. The SMILES string of the molecule is CCc1ccc(Cn2c(CCc3ccccc3)nnc2C(Cc2c[nH]c3ccccc23)c2cccc(C(N)=O)c2N)cc1. The fraction of sp³-hybridized carbons (Fsp3) is 0.194. The quantitative estimate of drug-likeness (QED) is 0.161. The maximum atomic E-state index is 12.3. The van der Waals surface area contributed by atoms with Crippen LogP contribution in [0.5, 0.6) is 0 Å². The van der Waals surface area contributed by atoms with Crippen LogP contribution in [0.1, 0.15) is 62.7 Å². The van der Waals surface area contributed by atoms with Gasteiger partial charge in [0, 0.05) is 29.2 Å². The zero-order valence-corrected chi connectivity index (χ0v) is 24.3. The highest BCUT2D eigenvalue weighted by Gasteiger charge is 2.27. The standard InChI is InChI=1S/C36H36N6O/c1-2-24-15-17-26(18-16-24)23-42-33(20-19-25-9-4-3-5-10-25)40-41-36(42)31(29-12-8-13-30(34(29)37)35(38)43)21-27-22-39-32-14-7-6-11-28(27)32/h3-18,22,31,39H,2,19-21,23,37H2,1H3,(H2,38,43). The molecule has 1 atom stereocenters. The summed E-state index contributed by atoms with van der Waals surface area (Å²) in [5.41, 5.74) is 19.8. The number of nitrogens with zero attached hydrogens (tertiary/aromatic N) is 3. The monoisotopic (exact) mass is 568 g/mol. The van der Waals surface area contributed by atoms with Crippen LogP contribution in [0.25, 0.3) is 10.9 Å². The molecular weight excluding hydrogens is 532 g/mol. The van der Waals surface area contributed by atoms with Crippen molar-refractivity contribution in [3.05, 3.63) is 148 Å². The number of para-hydroxylation sites is 2. The number of aromatic nitrogens is 4. The highest BCUT2D eigenvalue weighted by molar-refractivity contribution is 5.98. The third-order valence-corrected chi connectivity index (χ3v) is 8.30. The lowest BCUT2D eigenvalue weighted by Crippen LogP contribution is -2.19. The second kappa shape index (κ2) is 12.4. The van der Waals surface area contributed by atoms with E-state index in [0.717, 1.165) is 52.9 Å². The average molecular weight is 569 g/mol. The van der Waals surface area contributed by atoms with Gasteiger partial charge in [-0.3, -0.25) is 4.79 Å². The number of amides is 1. The molecule has 4 aromatic carbocycles. The Bertz CT molecular complexity index is 1850. The molecule has 5 N–H and O–H groups in total. The van der Waals surface area contributed by atoms with Crippen LogP contribution in [0.2, 0.25) is 0 Å². The summed E-state index contributed by atoms with van der Waals surface area (Å²) in [6, 6.07) is 32.9. The molecule has 0 saturated heterocycles. The number of carbonyl (C=O) groups excluding carboxylic acids is 1. The van der Waals surface area contributed by atoms with Gasteiger partial charge < -0.3 is 21.0 Å². The highest BCUT2D eigenvalue weighted by atomic mass is 16.1. The van der Waals surface area contributed by atoms with E-state index < -0.39 is 5.91 Å². The number of carbonyl (C=O) groups is 1. The molecule has 216 valence electrons. The Morgan fingerprint density at radius 1 is 0.837 bits per heavy atom. The summed E-state index contributed by atoms with van der Waals surface area (Å²) in [5, 5.41) is 10.7. The summed E-state index contributed by atoms with van der Waals surface area (Å²) in [7, 11) is 0. The van der Waals surface area contributed by atoms with Crippen molar-refractivity contribution in [1.82, 2.24) is 19.7 Å². The van der Waals surface area contributed by atoms with Gasteiger partial charge in [-0.1, -0.05) is 91.9 Å². The van der Waals surface area contributed by atoms with Gasteiger partial charge in [0.1, 0.15) is 11.6 Å². The number of hydrogen-bond donors (Lipinski definition) is 3. The number of nitrogen functional groups attached to an aromatic ring is 1. The van der Waals surface area contributed by atoms with Crippen molar-refractivity contribution in [1.29, 1.82) is 0 Å². The summed E-state index contributed by atoms with van der Waals surface area (Å²) in [5.74, 6) is 0.894. The van der Waals surface area contributed by atoms with Crippen LogP contribution in [-0.2, 0) is 32.2 Å². The van der Waals surface area contributed by atoms with Crippen LogP contribution >= 0.6 is 0 Å². The van der Waals surface area contributed by atoms with Crippen LogP contribution < -0.4 is 11.5 Å². The fourth-order valence-corrected chi connectivity index (χ4v) is 5.89.